The van der Waals surface area contributed by atoms with E-state index in [0.29, 0.717) is 10.6 Å². The van der Waals surface area contributed by atoms with Gasteiger partial charge in [-0.25, -0.2) is 0 Å². The molecule has 1 amide bonds. The molecule has 0 aliphatic rings. The highest BCUT2D eigenvalue weighted by Crippen LogP contribution is 2.27. The number of aromatic amines is 1. The smallest absolute Gasteiger partial charge is 0.243 e. The van der Waals surface area contributed by atoms with Crippen LogP contribution < -0.4 is 5.32 Å². The number of nitrogens with zero attached hydrogens (tertiary/aromatic N) is 2. The van der Waals surface area contributed by atoms with Gasteiger partial charge in [0, 0.05) is 4.47 Å². The minimum atomic E-state index is -0.478. The molecule has 0 radical (unpaired) electrons. The summed E-state index contributed by atoms with van der Waals surface area (Å²) in [6, 6.07) is 11.1. The lowest BCUT2D eigenvalue weighted by atomic mass is 10.1. The van der Waals surface area contributed by atoms with Crippen LogP contribution in [0, 0.1) is 4.77 Å². The highest BCUT2D eigenvalue weighted by atomic mass is 79.9. The van der Waals surface area contributed by atoms with Gasteiger partial charge in [0.15, 0.2) is 10.6 Å². The molecule has 130 valence electrons. The summed E-state index contributed by atoms with van der Waals surface area (Å²) in [5.74, 6) is 0.565. The highest BCUT2D eigenvalue weighted by molar-refractivity contribution is 9.10. The van der Waals surface area contributed by atoms with Crippen LogP contribution in [0.3, 0.4) is 0 Å². The van der Waals surface area contributed by atoms with Gasteiger partial charge in [-0.1, -0.05) is 40.2 Å². The van der Waals surface area contributed by atoms with E-state index in [4.69, 9.17) is 12.2 Å². The molecule has 0 saturated carbocycles. The van der Waals surface area contributed by atoms with Crippen LogP contribution in [0.15, 0.2) is 46.3 Å². The maximum Gasteiger partial charge on any atom is 0.243 e. The lowest BCUT2D eigenvalue weighted by molar-refractivity contribution is -0.124. The molecule has 0 spiro atoms. The molecule has 0 aliphatic carbocycles. The Kier molecular flexibility index (Phi) is 5.51. The third-order valence-corrected chi connectivity index (χ3v) is 5.82. The second-order valence-corrected chi connectivity index (χ2v) is 7.82. The fourth-order valence-corrected chi connectivity index (χ4v) is 4.23. The standard InChI is InChI=1S/C17H17BrN4OS2/c1-10(12-6-3-4-7-13(12)18)19-16(23)11(2)22-15(20-21-17(22)24)14-8-5-9-25-14/h3-11H,1-2H3,(H,19,23)(H,21,24). The summed E-state index contributed by atoms with van der Waals surface area (Å²) in [6.07, 6.45) is 0. The summed E-state index contributed by atoms with van der Waals surface area (Å²) in [7, 11) is 0. The Balaban J connectivity index is 1.83. The zero-order chi connectivity index (χ0) is 18.0. The Morgan fingerprint density at radius 1 is 1.32 bits per heavy atom. The first-order chi connectivity index (χ1) is 12.0. The Bertz CT molecular complexity index is 932. The van der Waals surface area contributed by atoms with E-state index in [-0.39, 0.29) is 11.9 Å². The number of benzene rings is 1. The predicted molar refractivity (Wildman–Crippen MR) is 106 cm³/mol. The molecule has 1 aromatic carbocycles. The molecule has 5 nitrogen and oxygen atoms in total. The number of rotatable bonds is 5. The second-order valence-electron chi connectivity index (χ2n) is 5.63. The van der Waals surface area contributed by atoms with E-state index in [2.05, 4.69) is 31.4 Å². The van der Waals surface area contributed by atoms with E-state index in [9.17, 15) is 4.79 Å². The molecule has 2 aromatic heterocycles. The fraction of sp³-hybridized carbons (Fsp3) is 0.235. The number of thiophene rings is 1. The molecule has 2 N–H and O–H groups in total. The molecular weight excluding hydrogens is 420 g/mol. The van der Waals surface area contributed by atoms with Crippen molar-refractivity contribution in [2.45, 2.75) is 25.9 Å². The molecular formula is C17H17BrN4OS2. The van der Waals surface area contributed by atoms with Crippen LogP contribution in [0.25, 0.3) is 10.7 Å². The molecule has 0 fully saturated rings. The minimum absolute atomic E-state index is 0.112. The average Bonchev–Trinajstić information content (AvgIpc) is 3.23. The van der Waals surface area contributed by atoms with E-state index in [0.717, 1.165) is 14.9 Å². The molecule has 8 heteroatoms. The van der Waals surface area contributed by atoms with Crippen molar-refractivity contribution < 1.29 is 4.79 Å². The van der Waals surface area contributed by atoms with Crippen LogP contribution in [0.2, 0.25) is 0 Å². The Labute approximate surface area is 163 Å². The number of hydrogen-bond donors (Lipinski definition) is 2. The summed E-state index contributed by atoms with van der Waals surface area (Å²) >= 11 is 10.4. The molecule has 3 aromatic rings. The second kappa shape index (κ2) is 7.63. The first-order valence-electron chi connectivity index (χ1n) is 7.74. The van der Waals surface area contributed by atoms with Crippen molar-refractivity contribution in [1.29, 1.82) is 0 Å². The van der Waals surface area contributed by atoms with Crippen molar-refractivity contribution in [1.82, 2.24) is 20.1 Å². The molecule has 0 bridgehead atoms. The van der Waals surface area contributed by atoms with Crippen molar-refractivity contribution in [3.05, 3.63) is 56.6 Å². The Morgan fingerprint density at radius 2 is 2.08 bits per heavy atom. The van der Waals surface area contributed by atoms with Gasteiger partial charge >= 0.3 is 0 Å². The van der Waals surface area contributed by atoms with Gasteiger partial charge in [0.25, 0.3) is 0 Å². The van der Waals surface area contributed by atoms with Gasteiger partial charge < -0.3 is 5.32 Å². The Morgan fingerprint density at radius 3 is 2.76 bits per heavy atom. The van der Waals surface area contributed by atoms with E-state index >= 15 is 0 Å². The van der Waals surface area contributed by atoms with Gasteiger partial charge in [0.05, 0.1) is 10.9 Å². The van der Waals surface area contributed by atoms with Crippen LogP contribution in [0.4, 0.5) is 0 Å². The van der Waals surface area contributed by atoms with Crippen molar-refractivity contribution >= 4 is 45.4 Å². The normalized spacial score (nSPS) is 13.4. The fourth-order valence-electron chi connectivity index (χ4n) is 2.60. The summed E-state index contributed by atoms with van der Waals surface area (Å²) in [5.41, 5.74) is 1.03. The van der Waals surface area contributed by atoms with E-state index < -0.39 is 6.04 Å². The third kappa shape index (κ3) is 3.75. The van der Waals surface area contributed by atoms with Gasteiger partial charge in [-0.2, -0.15) is 5.10 Å². The van der Waals surface area contributed by atoms with Crippen LogP contribution in [-0.4, -0.2) is 20.7 Å². The number of carbonyl (C=O) groups excluding carboxylic acids is 1. The summed E-state index contributed by atoms with van der Waals surface area (Å²) in [4.78, 5) is 13.7. The predicted octanol–water partition coefficient (Wildman–Crippen LogP) is 4.87. The van der Waals surface area contributed by atoms with E-state index in [1.807, 2.05) is 55.6 Å². The maximum atomic E-state index is 12.8. The van der Waals surface area contributed by atoms with Gasteiger partial charge in [0.2, 0.25) is 5.91 Å². The monoisotopic (exact) mass is 436 g/mol. The minimum Gasteiger partial charge on any atom is -0.348 e. The quantitative estimate of drug-likeness (QED) is 0.560. The zero-order valence-electron chi connectivity index (χ0n) is 13.7. The lowest BCUT2D eigenvalue weighted by Crippen LogP contribution is -2.33. The molecule has 2 atom stereocenters. The molecule has 25 heavy (non-hydrogen) atoms. The number of nitrogens with one attached hydrogen (secondary N) is 2. The van der Waals surface area contributed by atoms with Crippen LogP contribution in [-0.2, 0) is 4.79 Å². The van der Waals surface area contributed by atoms with Crippen molar-refractivity contribution in [3.63, 3.8) is 0 Å². The largest absolute Gasteiger partial charge is 0.348 e. The van der Waals surface area contributed by atoms with Crippen LogP contribution >= 0.6 is 39.5 Å². The molecule has 2 heterocycles. The van der Waals surface area contributed by atoms with Gasteiger partial charge in [-0.3, -0.25) is 14.5 Å². The summed E-state index contributed by atoms with van der Waals surface area (Å²) in [5, 5.41) is 12.1. The first-order valence-corrected chi connectivity index (χ1v) is 9.82. The van der Waals surface area contributed by atoms with E-state index in [1.54, 1.807) is 15.9 Å². The number of H-pyrrole nitrogens is 1. The Hall–Kier alpha value is -1.77. The number of hydrogen-bond acceptors (Lipinski definition) is 4. The zero-order valence-corrected chi connectivity index (χ0v) is 16.9. The lowest BCUT2D eigenvalue weighted by Gasteiger charge is -2.20. The topological polar surface area (TPSA) is 62.7 Å². The van der Waals surface area contributed by atoms with Crippen LogP contribution in [0.1, 0.15) is 31.5 Å². The van der Waals surface area contributed by atoms with Crippen molar-refractivity contribution in [2.75, 3.05) is 0 Å². The summed E-state index contributed by atoms with van der Waals surface area (Å²) < 4.78 is 3.15. The average molecular weight is 437 g/mol. The van der Waals surface area contributed by atoms with Gasteiger partial charge in [0.1, 0.15) is 6.04 Å². The van der Waals surface area contributed by atoms with Gasteiger partial charge in [-0.15, -0.1) is 11.3 Å². The molecule has 3 rings (SSSR count). The number of halogens is 1. The number of aromatic nitrogens is 3. The van der Waals surface area contributed by atoms with Crippen molar-refractivity contribution in [3.8, 4) is 10.7 Å². The number of carbonyl (C=O) groups is 1. The number of amides is 1. The van der Waals surface area contributed by atoms with Crippen molar-refractivity contribution in [2.24, 2.45) is 0 Å². The summed E-state index contributed by atoms with van der Waals surface area (Å²) in [6.45, 7) is 3.78. The van der Waals surface area contributed by atoms with Crippen LogP contribution in [0.5, 0.6) is 0 Å². The van der Waals surface area contributed by atoms with E-state index in [1.165, 1.54) is 0 Å². The highest BCUT2D eigenvalue weighted by Gasteiger charge is 2.23. The molecule has 0 aliphatic heterocycles. The van der Waals surface area contributed by atoms with Gasteiger partial charge in [-0.05, 0) is 49.1 Å². The molecule has 0 saturated heterocycles. The third-order valence-electron chi connectivity index (χ3n) is 3.94. The molecule has 2 unspecified atom stereocenters. The first kappa shape index (κ1) is 18.0. The maximum absolute atomic E-state index is 12.8. The SMILES string of the molecule is CC(NC(=O)C(C)n1c(-c2cccs2)n[nH]c1=S)c1ccccc1Br.